The maximum absolute atomic E-state index is 10.2. The van der Waals surface area contributed by atoms with Crippen molar-refractivity contribution in [1.82, 2.24) is 19.5 Å². The minimum absolute atomic E-state index is 0.380. The van der Waals surface area contributed by atoms with Crippen molar-refractivity contribution in [2.45, 2.75) is 35.3 Å². The van der Waals surface area contributed by atoms with Gasteiger partial charge in [0.05, 0.1) is 12.9 Å². The second-order valence-corrected chi connectivity index (χ2v) is 6.97. The van der Waals surface area contributed by atoms with E-state index in [0.29, 0.717) is 11.2 Å². The average molecular weight is 374 g/mol. The smallest absolute Gasteiger partial charge is 0.166 e. The highest BCUT2D eigenvalue weighted by Gasteiger charge is 2.44. The molecule has 1 aliphatic rings. The van der Waals surface area contributed by atoms with Gasteiger partial charge in [0.25, 0.3) is 0 Å². The number of hydrogen-bond donors (Lipinski definition) is 3. The van der Waals surface area contributed by atoms with Crippen molar-refractivity contribution in [3.8, 4) is 0 Å². The molecule has 1 saturated heterocycles. The fourth-order valence-electron chi connectivity index (χ4n) is 2.96. The molecule has 0 radical (unpaired) electrons. The van der Waals surface area contributed by atoms with Gasteiger partial charge in [-0.2, -0.15) is 0 Å². The first-order valence-electron chi connectivity index (χ1n) is 8.15. The first-order valence-corrected chi connectivity index (χ1v) is 9.14. The van der Waals surface area contributed by atoms with Gasteiger partial charge in [-0.05, 0) is 5.56 Å². The van der Waals surface area contributed by atoms with Crippen LogP contribution < -0.4 is 0 Å². The molecule has 3 aromatic rings. The third-order valence-electron chi connectivity index (χ3n) is 4.33. The molecule has 4 atom stereocenters. The molecule has 3 N–H and O–H groups in total. The summed E-state index contributed by atoms with van der Waals surface area (Å²) in [6.45, 7) is -0.380. The molecule has 1 aliphatic heterocycles. The predicted molar refractivity (Wildman–Crippen MR) is 94.3 cm³/mol. The Balaban J connectivity index is 1.61. The highest BCUT2D eigenvalue weighted by molar-refractivity contribution is 7.98. The molecule has 3 heterocycles. The van der Waals surface area contributed by atoms with E-state index in [4.69, 9.17) is 4.74 Å². The Hall–Kier alpha value is -2.04. The summed E-state index contributed by atoms with van der Waals surface area (Å²) in [6, 6.07) is 10.0. The van der Waals surface area contributed by atoms with E-state index >= 15 is 0 Å². The minimum atomic E-state index is -1.18. The van der Waals surface area contributed by atoms with E-state index < -0.39 is 24.5 Å². The van der Waals surface area contributed by atoms with Gasteiger partial charge < -0.3 is 20.1 Å². The van der Waals surface area contributed by atoms with Gasteiger partial charge in [0.15, 0.2) is 11.9 Å². The lowest BCUT2D eigenvalue weighted by molar-refractivity contribution is -0.0511. The molecule has 136 valence electrons. The highest BCUT2D eigenvalue weighted by Crippen LogP contribution is 2.33. The van der Waals surface area contributed by atoms with Crippen LogP contribution in [0.2, 0.25) is 0 Å². The number of thioether (sulfide) groups is 1. The van der Waals surface area contributed by atoms with E-state index in [0.717, 1.165) is 10.8 Å². The quantitative estimate of drug-likeness (QED) is 0.442. The van der Waals surface area contributed by atoms with Crippen molar-refractivity contribution in [2.24, 2.45) is 0 Å². The van der Waals surface area contributed by atoms with Crippen LogP contribution >= 0.6 is 11.8 Å². The number of aromatic nitrogens is 4. The Bertz CT molecular complexity index is 891. The van der Waals surface area contributed by atoms with Crippen molar-refractivity contribution in [3.05, 3.63) is 48.5 Å². The summed E-state index contributed by atoms with van der Waals surface area (Å²) in [5.41, 5.74) is 2.28. The fourth-order valence-corrected chi connectivity index (χ4v) is 3.86. The van der Waals surface area contributed by atoms with Crippen molar-refractivity contribution in [1.29, 1.82) is 0 Å². The zero-order valence-corrected chi connectivity index (χ0v) is 14.5. The first kappa shape index (κ1) is 17.4. The summed E-state index contributed by atoms with van der Waals surface area (Å²) < 4.78 is 7.13. The van der Waals surface area contributed by atoms with Gasteiger partial charge in [-0.1, -0.05) is 42.1 Å². The maximum atomic E-state index is 10.2. The summed E-state index contributed by atoms with van der Waals surface area (Å²) in [6.07, 6.45) is -1.12. The molecule has 0 saturated carbocycles. The molecule has 1 aromatic carbocycles. The third-order valence-corrected chi connectivity index (χ3v) is 5.38. The topological polar surface area (TPSA) is 114 Å². The number of benzene rings is 1. The maximum Gasteiger partial charge on any atom is 0.166 e. The average Bonchev–Trinajstić information content (AvgIpc) is 3.23. The monoisotopic (exact) mass is 374 g/mol. The van der Waals surface area contributed by atoms with Gasteiger partial charge in [-0.15, -0.1) is 0 Å². The molecule has 0 spiro atoms. The third kappa shape index (κ3) is 3.08. The lowest BCUT2D eigenvalue weighted by Crippen LogP contribution is -2.33. The van der Waals surface area contributed by atoms with E-state index in [1.165, 1.54) is 18.2 Å². The lowest BCUT2D eigenvalue weighted by atomic mass is 10.1. The van der Waals surface area contributed by atoms with E-state index in [-0.39, 0.29) is 6.61 Å². The van der Waals surface area contributed by atoms with Crippen LogP contribution in [0.5, 0.6) is 0 Å². The standard InChI is InChI=1S/C17H18N4O4S/c22-6-11-13(23)14(24)17(25-11)21-9-20-12-15(21)18-8-19-16(12)26-7-10-4-2-1-3-5-10/h1-5,8-9,11,13-14,17,22-24H,6-7H2/t11-,13?,14?,17-/m1/s1. The molecule has 1 fully saturated rings. The molecule has 0 bridgehead atoms. The van der Waals surface area contributed by atoms with Gasteiger partial charge in [-0.3, -0.25) is 4.57 Å². The van der Waals surface area contributed by atoms with Crippen LogP contribution in [0.25, 0.3) is 11.2 Å². The Morgan fingerprint density at radius 2 is 1.88 bits per heavy atom. The molecule has 0 aliphatic carbocycles. The zero-order valence-electron chi connectivity index (χ0n) is 13.7. The zero-order chi connectivity index (χ0) is 18.1. The minimum Gasteiger partial charge on any atom is -0.394 e. The largest absolute Gasteiger partial charge is 0.394 e. The number of rotatable bonds is 5. The van der Waals surface area contributed by atoms with E-state index in [9.17, 15) is 15.3 Å². The summed E-state index contributed by atoms with van der Waals surface area (Å²) >= 11 is 1.55. The SMILES string of the molecule is OC[C@H]1O[C@@H](n2cnc3c(SCc4ccccc4)ncnc32)C(O)C1O. The van der Waals surface area contributed by atoms with Gasteiger partial charge in [-0.25, -0.2) is 15.0 Å². The van der Waals surface area contributed by atoms with Crippen molar-refractivity contribution in [2.75, 3.05) is 6.61 Å². The second-order valence-electron chi connectivity index (χ2n) is 6.01. The van der Waals surface area contributed by atoms with Crippen LogP contribution in [-0.2, 0) is 10.5 Å². The molecular weight excluding hydrogens is 356 g/mol. The number of imidazole rings is 1. The summed E-state index contributed by atoms with van der Waals surface area (Å²) in [5.74, 6) is 0.744. The van der Waals surface area contributed by atoms with Crippen LogP contribution in [0.15, 0.2) is 48.0 Å². The Morgan fingerprint density at radius 3 is 2.62 bits per heavy atom. The highest BCUT2D eigenvalue weighted by atomic mass is 32.2. The van der Waals surface area contributed by atoms with Gasteiger partial charge in [0.1, 0.15) is 35.2 Å². The molecular formula is C17H18N4O4S. The molecule has 26 heavy (non-hydrogen) atoms. The molecule has 8 nitrogen and oxygen atoms in total. The van der Waals surface area contributed by atoms with Gasteiger partial charge in [0, 0.05) is 5.75 Å². The van der Waals surface area contributed by atoms with Crippen LogP contribution in [0.1, 0.15) is 11.8 Å². The van der Waals surface area contributed by atoms with Crippen LogP contribution in [0.3, 0.4) is 0 Å². The number of fused-ring (bicyclic) bond motifs is 1. The Labute approximate surface area is 153 Å². The van der Waals surface area contributed by atoms with Crippen LogP contribution in [0.4, 0.5) is 0 Å². The van der Waals surface area contributed by atoms with E-state index in [1.54, 1.807) is 16.3 Å². The Kier molecular flexibility index (Phi) is 4.88. The molecule has 2 aromatic heterocycles. The van der Waals surface area contributed by atoms with Crippen molar-refractivity contribution in [3.63, 3.8) is 0 Å². The molecule has 0 amide bonds. The summed E-state index contributed by atoms with van der Waals surface area (Å²) in [5, 5.41) is 30.2. The Morgan fingerprint density at radius 1 is 1.08 bits per heavy atom. The first-order chi connectivity index (χ1) is 12.7. The van der Waals surface area contributed by atoms with Gasteiger partial charge in [0.2, 0.25) is 0 Å². The summed E-state index contributed by atoms with van der Waals surface area (Å²) in [4.78, 5) is 12.9. The van der Waals surface area contributed by atoms with E-state index in [2.05, 4.69) is 15.0 Å². The predicted octanol–water partition coefficient (Wildman–Crippen LogP) is 0.730. The number of nitrogens with zero attached hydrogens (tertiary/aromatic N) is 4. The van der Waals surface area contributed by atoms with Crippen LogP contribution in [0, 0.1) is 0 Å². The van der Waals surface area contributed by atoms with Crippen LogP contribution in [-0.4, -0.2) is 59.8 Å². The van der Waals surface area contributed by atoms with Crippen molar-refractivity contribution >= 4 is 22.9 Å². The lowest BCUT2D eigenvalue weighted by Gasteiger charge is -2.16. The molecule has 4 rings (SSSR count). The molecule has 9 heteroatoms. The van der Waals surface area contributed by atoms with Gasteiger partial charge >= 0.3 is 0 Å². The number of aliphatic hydroxyl groups excluding tert-OH is 3. The molecule has 2 unspecified atom stereocenters. The van der Waals surface area contributed by atoms with E-state index in [1.807, 2.05) is 30.3 Å². The second kappa shape index (κ2) is 7.29. The fraction of sp³-hybridized carbons (Fsp3) is 0.353. The van der Waals surface area contributed by atoms with Crippen molar-refractivity contribution < 1.29 is 20.1 Å². The number of hydrogen-bond acceptors (Lipinski definition) is 8. The summed E-state index contributed by atoms with van der Waals surface area (Å²) in [7, 11) is 0. The normalized spacial score (nSPS) is 25.8. The number of ether oxygens (including phenoxy) is 1. The number of aliphatic hydroxyl groups is 3.